The minimum atomic E-state index is -4.03. The minimum Gasteiger partial charge on any atom is -0.495 e. The largest absolute Gasteiger partial charge is 0.495 e. The van der Waals surface area contributed by atoms with Crippen LogP contribution in [0.2, 0.25) is 0 Å². The van der Waals surface area contributed by atoms with Crippen molar-refractivity contribution in [3.63, 3.8) is 0 Å². The monoisotopic (exact) mass is 442 g/mol. The quantitative estimate of drug-likeness (QED) is 0.553. The van der Waals surface area contributed by atoms with Crippen molar-refractivity contribution in [3.8, 4) is 5.75 Å². The summed E-state index contributed by atoms with van der Waals surface area (Å²) in [7, 11) is -2.69. The highest BCUT2D eigenvalue weighted by molar-refractivity contribution is 7.92. The highest BCUT2D eigenvalue weighted by Crippen LogP contribution is 2.28. The molecule has 0 atom stereocenters. The zero-order valence-electron chi connectivity index (χ0n) is 17.4. The Kier molecular flexibility index (Phi) is 6.60. The molecule has 0 radical (unpaired) electrons. The fourth-order valence-corrected chi connectivity index (χ4v) is 4.22. The molecule has 31 heavy (non-hydrogen) atoms. The van der Waals surface area contributed by atoms with Gasteiger partial charge in [0.05, 0.1) is 7.11 Å². The number of benzene rings is 3. The number of nitrogens with one attached hydrogen (secondary N) is 2. The van der Waals surface area contributed by atoms with E-state index in [1.807, 2.05) is 19.1 Å². The van der Waals surface area contributed by atoms with Crippen molar-refractivity contribution in [1.29, 1.82) is 0 Å². The zero-order valence-corrected chi connectivity index (χ0v) is 18.2. The molecule has 6 nitrogen and oxygen atoms in total. The van der Waals surface area contributed by atoms with Crippen LogP contribution in [0.15, 0.2) is 65.6 Å². The van der Waals surface area contributed by atoms with E-state index in [0.29, 0.717) is 16.9 Å². The van der Waals surface area contributed by atoms with Gasteiger partial charge in [0.1, 0.15) is 16.5 Å². The van der Waals surface area contributed by atoms with E-state index in [4.69, 9.17) is 4.74 Å². The Morgan fingerprint density at radius 3 is 2.39 bits per heavy atom. The lowest BCUT2D eigenvalue weighted by atomic mass is 10.1. The number of ether oxygens (including phenoxy) is 1. The van der Waals surface area contributed by atoms with E-state index in [0.717, 1.165) is 12.0 Å². The fraction of sp³-hybridized carbons (Fsp3) is 0.174. The molecule has 0 aromatic heterocycles. The van der Waals surface area contributed by atoms with Gasteiger partial charge in [0.15, 0.2) is 0 Å². The van der Waals surface area contributed by atoms with Gasteiger partial charge in [0.25, 0.3) is 15.9 Å². The lowest BCUT2D eigenvalue weighted by molar-refractivity contribution is 0.102. The first-order valence-electron chi connectivity index (χ1n) is 9.61. The second-order valence-electron chi connectivity index (χ2n) is 6.93. The Labute approximate surface area is 181 Å². The number of anilines is 2. The first-order chi connectivity index (χ1) is 14.7. The first kappa shape index (κ1) is 22.3. The zero-order chi connectivity index (χ0) is 22.6. The number of sulfonamides is 1. The third kappa shape index (κ3) is 5.21. The van der Waals surface area contributed by atoms with E-state index < -0.39 is 21.7 Å². The fourth-order valence-electron chi connectivity index (χ4n) is 2.97. The number of halogens is 1. The van der Waals surface area contributed by atoms with Crippen LogP contribution in [0.3, 0.4) is 0 Å². The predicted octanol–water partition coefficient (Wildman–Crippen LogP) is 4.76. The van der Waals surface area contributed by atoms with Gasteiger partial charge in [-0.25, -0.2) is 12.8 Å². The Morgan fingerprint density at radius 2 is 1.74 bits per heavy atom. The number of amides is 1. The Bertz CT molecular complexity index is 1210. The summed E-state index contributed by atoms with van der Waals surface area (Å²) in [5, 5.41) is 2.61. The number of rotatable bonds is 7. The summed E-state index contributed by atoms with van der Waals surface area (Å²) in [5.41, 5.74) is 2.54. The van der Waals surface area contributed by atoms with Gasteiger partial charge >= 0.3 is 0 Å². The molecule has 0 aliphatic rings. The van der Waals surface area contributed by atoms with Crippen molar-refractivity contribution in [2.24, 2.45) is 0 Å². The van der Waals surface area contributed by atoms with Crippen LogP contribution in [0.1, 0.15) is 28.4 Å². The van der Waals surface area contributed by atoms with E-state index in [1.165, 1.54) is 37.4 Å². The third-order valence-corrected chi connectivity index (χ3v) is 6.18. The van der Waals surface area contributed by atoms with Crippen molar-refractivity contribution < 1.29 is 22.3 Å². The van der Waals surface area contributed by atoms with Gasteiger partial charge in [0, 0.05) is 16.9 Å². The van der Waals surface area contributed by atoms with E-state index in [-0.39, 0.29) is 16.2 Å². The average molecular weight is 443 g/mol. The van der Waals surface area contributed by atoms with E-state index in [1.54, 1.807) is 25.1 Å². The summed E-state index contributed by atoms with van der Waals surface area (Å²) >= 11 is 0. The van der Waals surface area contributed by atoms with Crippen molar-refractivity contribution in [2.75, 3.05) is 17.1 Å². The number of hydrogen-bond acceptors (Lipinski definition) is 4. The van der Waals surface area contributed by atoms with Gasteiger partial charge in [-0.1, -0.05) is 25.1 Å². The van der Waals surface area contributed by atoms with Crippen LogP contribution in [-0.4, -0.2) is 21.4 Å². The summed E-state index contributed by atoms with van der Waals surface area (Å²) in [6.45, 7) is 3.73. The average Bonchev–Trinajstić information content (AvgIpc) is 2.76. The number of carbonyl (C=O) groups excluding carboxylic acids is 1. The lowest BCUT2D eigenvalue weighted by Crippen LogP contribution is -2.17. The Morgan fingerprint density at radius 1 is 1.03 bits per heavy atom. The van der Waals surface area contributed by atoms with E-state index >= 15 is 0 Å². The lowest BCUT2D eigenvalue weighted by Gasteiger charge is -2.14. The molecule has 8 heteroatoms. The molecular formula is C23H23FN2O4S. The normalized spacial score (nSPS) is 11.1. The summed E-state index contributed by atoms with van der Waals surface area (Å²) in [4.78, 5) is 12.5. The molecule has 3 aromatic carbocycles. The molecule has 0 saturated heterocycles. The van der Waals surface area contributed by atoms with Crippen molar-refractivity contribution in [2.45, 2.75) is 25.2 Å². The SMILES string of the molecule is CCc1ccc(NS(=O)(=O)c2cc(C(=O)Nc3cc(F)ccc3C)ccc2OC)cc1. The maximum absolute atomic E-state index is 13.5. The molecule has 0 aliphatic heterocycles. The van der Waals surface area contributed by atoms with E-state index in [9.17, 15) is 17.6 Å². The van der Waals surface area contributed by atoms with Crippen LogP contribution >= 0.6 is 0 Å². The molecular weight excluding hydrogens is 419 g/mol. The molecule has 0 spiro atoms. The van der Waals surface area contributed by atoms with Crippen molar-refractivity contribution >= 4 is 27.3 Å². The predicted molar refractivity (Wildman–Crippen MR) is 119 cm³/mol. The molecule has 1 amide bonds. The summed E-state index contributed by atoms with van der Waals surface area (Å²) < 4.78 is 47.2. The molecule has 162 valence electrons. The topological polar surface area (TPSA) is 84.5 Å². The number of hydrogen-bond donors (Lipinski definition) is 2. The third-order valence-electron chi connectivity index (χ3n) is 4.78. The molecule has 0 fully saturated rings. The Hall–Kier alpha value is -3.39. The summed E-state index contributed by atoms with van der Waals surface area (Å²) in [6, 6.07) is 15.1. The van der Waals surface area contributed by atoms with Gasteiger partial charge in [-0.05, 0) is 66.9 Å². The molecule has 0 unspecified atom stereocenters. The standard InChI is InChI=1S/C23H23FN2O4S/c1-4-16-6-10-19(11-7-16)26-31(28,29)22-13-17(8-12-21(22)30-3)23(27)25-20-14-18(24)9-5-15(20)2/h5-14,26H,4H2,1-3H3,(H,25,27). The second-order valence-corrected chi connectivity index (χ2v) is 8.59. The molecule has 0 bridgehead atoms. The Balaban J connectivity index is 1.91. The van der Waals surface area contributed by atoms with Gasteiger partial charge in [-0.3, -0.25) is 9.52 Å². The molecule has 0 aliphatic carbocycles. The molecule has 2 N–H and O–H groups in total. The van der Waals surface area contributed by atoms with Crippen LogP contribution < -0.4 is 14.8 Å². The van der Waals surface area contributed by atoms with Gasteiger partial charge < -0.3 is 10.1 Å². The maximum atomic E-state index is 13.5. The molecule has 3 rings (SSSR count). The van der Waals surface area contributed by atoms with Crippen LogP contribution in [0.5, 0.6) is 5.75 Å². The van der Waals surface area contributed by atoms with Gasteiger partial charge in [-0.15, -0.1) is 0 Å². The summed E-state index contributed by atoms with van der Waals surface area (Å²) in [6.07, 6.45) is 0.836. The van der Waals surface area contributed by atoms with Crippen LogP contribution in [0.25, 0.3) is 0 Å². The molecule has 0 heterocycles. The summed E-state index contributed by atoms with van der Waals surface area (Å²) in [5.74, 6) is -0.964. The van der Waals surface area contributed by atoms with E-state index in [2.05, 4.69) is 10.0 Å². The number of methoxy groups -OCH3 is 1. The second kappa shape index (κ2) is 9.18. The van der Waals surface area contributed by atoms with Crippen molar-refractivity contribution in [3.05, 3.63) is 83.2 Å². The van der Waals surface area contributed by atoms with Gasteiger partial charge in [-0.2, -0.15) is 0 Å². The minimum absolute atomic E-state index is 0.0890. The number of carbonyl (C=O) groups is 1. The van der Waals surface area contributed by atoms with Crippen molar-refractivity contribution in [1.82, 2.24) is 0 Å². The molecule has 3 aromatic rings. The number of aryl methyl sites for hydroxylation is 2. The smallest absolute Gasteiger partial charge is 0.265 e. The first-order valence-corrected chi connectivity index (χ1v) is 11.1. The van der Waals surface area contributed by atoms with Crippen LogP contribution in [-0.2, 0) is 16.4 Å². The maximum Gasteiger partial charge on any atom is 0.265 e. The highest BCUT2D eigenvalue weighted by atomic mass is 32.2. The van der Waals surface area contributed by atoms with Crippen LogP contribution in [0, 0.1) is 12.7 Å². The highest BCUT2D eigenvalue weighted by Gasteiger charge is 2.22. The van der Waals surface area contributed by atoms with Crippen LogP contribution in [0.4, 0.5) is 15.8 Å². The molecule has 0 saturated carbocycles. The van der Waals surface area contributed by atoms with Gasteiger partial charge in [0.2, 0.25) is 0 Å².